The topological polar surface area (TPSA) is 79.9 Å². The van der Waals surface area contributed by atoms with E-state index in [0.29, 0.717) is 12.3 Å². The maximum Gasteiger partial charge on any atom is 0.139 e. The van der Waals surface area contributed by atoms with E-state index in [2.05, 4.69) is 17.4 Å². The predicted molar refractivity (Wildman–Crippen MR) is 72.9 cm³/mol. The Hall–Kier alpha value is -0.810. The number of unbranched alkanes of at least 4 members (excludes halogenated alkanes) is 1. The van der Waals surface area contributed by atoms with Gasteiger partial charge in [0.1, 0.15) is 5.84 Å². The van der Waals surface area contributed by atoms with E-state index in [1.165, 1.54) is 19.3 Å². The van der Waals surface area contributed by atoms with Crippen molar-refractivity contribution in [1.82, 2.24) is 5.32 Å². The number of nitrogens with zero attached hydrogens (tertiary/aromatic N) is 1. The molecule has 0 aromatic rings. The number of hydrogen-bond acceptors (Lipinski definition) is 4. The van der Waals surface area contributed by atoms with Gasteiger partial charge in [-0.25, -0.2) is 0 Å². The van der Waals surface area contributed by atoms with Crippen LogP contribution in [0.1, 0.15) is 45.4 Å². The zero-order valence-corrected chi connectivity index (χ0v) is 11.5. The number of hydrogen-bond donors (Lipinski definition) is 3. The molecule has 0 heterocycles. The molecule has 0 aromatic carbocycles. The highest BCUT2D eigenvalue weighted by molar-refractivity contribution is 5.80. The minimum atomic E-state index is 0.249. The molecule has 0 radical (unpaired) electrons. The Morgan fingerprint density at radius 3 is 2.72 bits per heavy atom. The number of nitrogens with one attached hydrogen (secondary N) is 1. The zero-order valence-electron chi connectivity index (χ0n) is 11.5. The van der Waals surface area contributed by atoms with Crippen molar-refractivity contribution >= 4 is 5.84 Å². The summed E-state index contributed by atoms with van der Waals surface area (Å²) in [6.07, 6.45) is 6.42. The van der Waals surface area contributed by atoms with Crippen LogP contribution in [0.25, 0.3) is 0 Å². The maximum absolute atomic E-state index is 8.56. The molecule has 5 nitrogen and oxygen atoms in total. The summed E-state index contributed by atoms with van der Waals surface area (Å²) in [6, 6.07) is 0. The van der Waals surface area contributed by atoms with Gasteiger partial charge in [0, 0.05) is 26.2 Å². The van der Waals surface area contributed by atoms with Gasteiger partial charge < -0.3 is 21.0 Å². The van der Waals surface area contributed by atoms with E-state index in [-0.39, 0.29) is 5.41 Å². The van der Waals surface area contributed by atoms with E-state index in [1.54, 1.807) is 0 Å². The Morgan fingerprint density at radius 1 is 1.39 bits per heavy atom. The molecule has 0 amide bonds. The summed E-state index contributed by atoms with van der Waals surface area (Å²) in [6.45, 7) is 5.81. The summed E-state index contributed by atoms with van der Waals surface area (Å²) < 4.78 is 5.49. The number of ether oxygens (including phenoxy) is 1. The fourth-order valence-corrected chi connectivity index (χ4v) is 2.01. The van der Waals surface area contributed by atoms with Crippen LogP contribution in [0.15, 0.2) is 5.16 Å². The van der Waals surface area contributed by atoms with E-state index in [1.807, 2.05) is 0 Å². The third-order valence-corrected chi connectivity index (χ3v) is 3.43. The first-order chi connectivity index (χ1) is 8.72. The molecule has 0 bridgehead atoms. The third-order valence-electron chi connectivity index (χ3n) is 3.43. The van der Waals surface area contributed by atoms with Crippen LogP contribution in [0.4, 0.5) is 0 Å². The molecule has 1 aliphatic rings. The van der Waals surface area contributed by atoms with Crippen molar-refractivity contribution in [1.29, 1.82) is 0 Å². The number of oxime groups is 1. The molecule has 0 spiro atoms. The molecule has 0 atom stereocenters. The number of rotatable bonds is 11. The summed E-state index contributed by atoms with van der Waals surface area (Å²) in [5.74, 6) is 0.345. The van der Waals surface area contributed by atoms with E-state index < -0.39 is 0 Å². The van der Waals surface area contributed by atoms with Crippen LogP contribution in [0.3, 0.4) is 0 Å². The largest absolute Gasteiger partial charge is 0.409 e. The number of nitrogens with two attached hydrogens (primary N) is 1. The average molecular weight is 257 g/mol. The fraction of sp³-hybridized carbons (Fsp3) is 0.923. The summed E-state index contributed by atoms with van der Waals surface area (Å²) >= 11 is 0. The third kappa shape index (κ3) is 6.21. The lowest BCUT2D eigenvalue weighted by Gasteiger charge is -2.15. The number of amidine groups is 1. The summed E-state index contributed by atoms with van der Waals surface area (Å²) in [5, 5.41) is 15.0. The normalized spacial score (nSPS) is 17.9. The predicted octanol–water partition coefficient (Wildman–Crippen LogP) is 1.70. The van der Waals surface area contributed by atoms with Gasteiger partial charge in [0.25, 0.3) is 0 Å². The molecule has 106 valence electrons. The first-order valence-corrected chi connectivity index (χ1v) is 6.97. The fourth-order valence-electron chi connectivity index (χ4n) is 2.01. The van der Waals surface area contributed by atoms with E-state index in [9.17, 15) is 0 Å². The van der Waals surface area contributed by atoms with Gasteiger partial charge in [0.05, 0.1) is 0 Å². The van der Waals surface area contributed by atoms with Gasteiger partial charge in [-0.2, -0.15) is 0 Å². The molecule has 1 fully saturated rings. The van der Waals surface area contributed by atoms with E-state index in [0.717, 1.165) is 39.1 Å². The quantitative estimate of drug-likeness (QED) is 0.173. The lowest BCUT2D eigenvalue weighted by Crippen LogP contribution is -2.29. The van der Waals surface area contributed by atoms with Gasteiger partial charge in [-0.3, -0.25) is 0 Å². The highest BCUT2D eigenvalue weighted by Crippen LogP contribution is 2.48. The highest BCUT2D eigenvalue weighted by atomic mass is 16.5. The molecule has 5 heteroatoms. The van der Waals surface area contributed by atoms with Crippen molar-refractivity contribution < 1.29 is 9.94 Å². The minimum Gasteiger partial charge on any atom is -0.409 e. The van der Waals surface area contributed by atoms with Crippen molar-refractivity contribution in [2.45, 2.75) is 45.4 Å². The smallest absolute Gasteiger partial charge is 0.139 e. The van der Waals surface area contributed by atoms with E-state index in [4.69, 9.17) is 15.7 Å². The summed E-state index contributed by atoms with van der Waals surface area (Å²) in [5.41, 5.74) is 5.80. The Kier molecular flexibility index (Phi) is 7.05. The minimum absolute atomic E-state index is 0.249. The Bertz CT molecular complexity index is 253. The average Bonchev–Trinajstić information content (AvgIpc) is 3.12. The highest BCUT2D eigenvalue weighted by Gasteiger charge is 2.42. The second-order valence-electron chi connectivity index (χ2n) is 5.26. The van der Waals surface area contributed by atoms with Crippen LogP contribution in [-0.4, -0.2) is 37.3 Å². The molecule has 0 unspecified atom stereocenters. The maximum atomic E-state index is 8.56. The molecule has 0 aliphatic heterocycles. The molecule has 1 saturated carbocycles. The molecular formula is C13H27N3O2. The van der Waals surface area contributed by atoms with Crippen molar-refractivity contribution in [2.24, 2.45) is 16.3 Å². The van der Waals surface area contributed by atoms with Gasteiger partial charge >= 0.3 is 0 Å². The standard InChI is InChI=1S/C13H27N3O2/c1-2-3-8-18-9-4-7-15-11-13(5-6-13)10-12(14)16-17/h15,17H,2-11H2,1H3,(H2,14,16). The molecular weight excluding hydrogens is 230 g/mol. The van der Waals surface area contributed by atoms with Gasteiger partial charge in [-0.1, -0.05) is 18.5 Å². The zero-order chi connectivity index (χ0) is 13.3. The Morgan fingerprint density at radius 2 is 2.11 bits per heavy atom. The monoisotopic (exact) mass is 257 g/mol. The molecule has 1 rings (SSSR count). The summed E-state index contributed by atoms with van der Waals surface area (Å²) in [7, 11) is 0. The van der Waals surface area contributed by atoms with Gasteiger partial charge in [-0.15, -0.1) is 0 Å². The van der Waals surface area contributed by atoms with E-state index >= 15 is 0 Å². The first kappa shape index (κ1) is 15.2. The summed E-state index contributed by atoms with van der Waals surface area (Å²) in [4.78, 5) is 0. The second-order valence-corrected chi connectivity index (χ2v) is 5.26. The SMILES string of the molecule is CCCCOCCCNCC1(CC(N)=NO)CC1. The molecule has 0 saturated heterocycles. The lowest BCUT2D eigenvalue weighted by molar-refractivity contribution is 0.128. The molecule has 0 aromatic heterocycles. The van der Waals surface area contributed by atoms with Crippen LogP contribution >= 0.6 is 0 Å². The van der Waals surface area contributed by atoms with Crippen LogP contribution < -0.4 is 11.1 Å². The molecule has 1 aliphatic carbocycles. The van der Waals surface area contributed by atoms with Crippen molar-refractivity contribution in [2.75, 3.05) is 26.3 Å². The van der Waals surface area contributed by atoms with Gasteiger partial charge in [0.2, 0.25) is 0 Å². The van der Waals surface area contributed by atoms with Crippen LogP contribution in [0, 0.1) is 5.41 Å². The second kappa shape index (κ2) is 8.32. The van der Waals surface area contributed by atoms with Gasteiger partial charge in [-0.05, 0) is 37.6 Å². The van der Waals surface area contributed by atoms with Crippen molar-refractivity contribution in [3.63, 3.8) is 0 Å². The lowest BCUT2D eigenvalue weighted by atomic mass is 10.0. The van der Waals surface area contributed by atoms with Crippen LogP contribution in [-0.2, 0) is 4.74 Å². The van der Waals surface area contributed by atoms with Crippen LogP contribution in [0.2, 0.25) is 0 Å². The Labute approximate surface area is 110 Å². The van der Waals surface area contributed by atoms with Gasteiger partial charge in [0.15, 0.2) is 0 Å². The van der Waals surface area contributed by atoms with Crippen molar-refractivity contribution in [3.8, 4) is 0 Å². The molecule has 4 N–H and O–H groups in total. The molecule has 18 heavy (non-hydrogen) atoms. The van der Waals surface area contributed by atoms with Crippen LogP contribution in [0.5, 0.6) is 0 Å². The Balaban J connectivity index is 1.95. The van der Waals surface area contributed by atoms with Crippen molar-refractivity contribution in [3.05, 3.63) is 0 Å². The first-order valence-electron chi connectivity index (χ1n) is 6.97.